The van der Waals surface area contributed by atoms with E-state index in [9.17, 15) is 0 Å². The van der Waals surface area contributed by atoms with Crippen molar-refractivity contribution in [1.29, 1.82) is 0 Å². The average molecular weight is 170 g/mol. The topological polar surface area (TPSA) is 6.48 Å². The van der Waals surface area contributed by atoms with E-state index in [2.05, 4.69) is 37.7 Å². The van der Waals surface area contributed by atoms with Crippen LogP contribution in [-0.4, -0.2) is 49.1 Å². The van der Waals surface area contributed by atoms with Crippen LogP contribution in [0, 0.1) is 0 Å². The van der Waals surface area contributed by atoms with Gasteiger partial charge in [-0.15, -0.1) is 0 Å². The molecule has 2 nitrogen and oxygen atoms in total. The standard InChI is InChI=1S/C10H22N2/c1-5-9-7-11(3)8-10(6-2)12(9)4/h9-10H,5-8H2,1-4H3. The Morgan fingerprint density at radius 2 is 1.42 bits per heavy atom. The highest BCUT2D eigenvalue weighted by Gasteiger charge is 2.27. The van der Waals surface area contributed by atoms with Crippen LogP contribution in [0.2, 0.25) is 0 Å². The zero-order valence-electron chi connectivity index (χ0n) is 8.88. The molecule has 72 valence electrons. The van der Waals surface area contributed by atoms with Gasteiger partial charge in [-0.3, -0.25) is 4.90 Å². The van der Waals surface area contributed by atoms with Crippen molar-refractivity contribution in [2.75, 3.05) is 27.2 Å². The Labute approximate surface area is 76.5 Å². The molecule has 12 heavy (non-hydrogen) atoms. The Bertz CT molecular complexity index is 122. The number of piperazine rings is 1. The molecule has 1 fully saturated rings. The molecule has 0 amide bonds. The Hall–Kier alpha value is -0.0800. The molecule has 1 aliphatic heterocycles. The lowest BCUT2D eigenvalue weighted by Gasteiger charge is -2.43. The highest BCUT2D eigenvalue weighted by Crippen LogP contribution is 2.16. The minimum Gasteiger partial charge on any atom is -0.303 e. The number of likely N-dealkylation sites (N-methyl/N-ethyl adjacent to an activating group) is 2. The summed E-state index contributed by atoms with van der Waals surface area (Å²) in [5.41, 5.74) is 0. The Morgan fingerprint density at radius 1 is 1.00 bits per heavy atom. The van der Waals surface area contributed by atoms with E-state index in [-0.39, 0.29) is 0 Å². The van der Waals surface area contributed by atoms with E-state index >= 15 is 0 Å². The molecule has 0 spiro atoms. The SMILES string of the molecule is CCC1CN(C)CC(CC)N1C. The van der Waals surface area contributed by atoms with Crippen LogP contribution in [0.4, 0.5) is 0 Å². The maximum Gasteiger partial charge on any atom is 0.0220 e. The molecule has 0 saturated carbocycles. The zero-order chi connectivity index (χ0) is 9.14. The molecule has 0 radical (unpaired) electrons. The smallest absolute Gasteiger partial charge is 0.0220 e. The fourth-order valence-electron chi connectivity index (χ4n) is 2.18. The first-order valence-corrected chi connectivity index (χ1v) is 5.09. The predicted molar refractivity (Wildman–Crippen MR) is 53.4 cm³/mol. The van der Waals surface area contributed by atoms with Gasteiger partial charge in [-0.1, -0.05) is 13.8 Å². The van der Waals surface area contributed by atoms with Gasteiger partial charge in [0, 0.05) is 25.2 Å². The molecule has 1 saturated heterocycles. The minimum atomic E-state index is 0.772. The maximum atomic E-state index is 2.56. The summed E-state index contributed by atoms with van der Waals surface area (Å²) in [7, 11) is 4.51. The quantitative estimate of drug-likeness (QED) is 0.618. The third kappa shape index (κ3) is 1.99. The van der Waals surface area contributed by atoms with Crippen molar-refractivity contribution in [2.24, 2.45) is 0 Å². The van der Waals surface area contributed by atoms with Crippen molar-refractivity contribution in [3.05, 3.63) is 0 Å². The van der Waals surface area contributed by atoms with Gasteiger partial charge in [0.05, 0.1) is 0 Å². The van der Waals surface area contributed by atoms with Crippen LogP contribution in [0.3, 0.4) is 0 Å². The van der Waals surface area contributed by atoms with Gasteiger partial charge in [-0.25, -0.2) is 0 Å². The summed E-state index contributed by atoms with van der Waals surface area (Å²) in [6, 6.07) is 1.54. The minimum absolute atomic E-state index is 0.772. The van der Waals surface area contributed by atoms with E-state index in [1.54, 1.807) is 0 Å². The molecule has 0 aliphatic carbocycles. The first kappa shape index (κ1) is 10.0. The van der Waals surface area contributed by atoms with Gasteiger partial charge in [0.15, 0.2) is 0 Å². The summed E-state index contributed by atoms with van der Waals surface area (Å²) in [5, 5.41) is 0. The molecule has 2 heteroatoms. The lowest BCUT2D eigenvalue weighted by atomic mass is 10.0. The highest BCUT2D eigenvalue weighted by molar-refractivity contribution is 4.84. The van der Waals surface area contributed by atoms with Gasteiger partial charge in [0.2, 0.25) is 0 Å². The molecular weight excluding hydrogens is 148 g/mol. The Kier molecular flexibility index (Phi) is 3.53. The molecule has 1 aliphatic rings. The van der Waals surface area contributed by atoms with Gasteiger partial charge in [-0.05, 0) is 26.9 Å². The first-order chi connectivity index (χ1) is 5.69. The third-order valence-electron chi connectivity index (χ3n) is 3.14. The van der Waals surface area contributed by atoms with E-state index in [4.69, 9.17) is 0 Å². The summed E-state index contributed by atoms with van der Waals surface area (Å²) in [5.74, 6) is 0. The number of hydrogen-bond acceptors (Lipinski definition) is 2. The summed E-state index contributed by atoms with van der Waals surface area (Å²) < 4.78 is 0. The first-order valence-electron chi connectivity index (χ1n) is 5.09. The fraction of sp³-hybridized carbons (Fsp3) is 1.00. The molecule has 1 heterocycles. The average Bonchev–Trinajstić information content (AvgIpc) is 2.08. The second kappa shape index (κ2) is 4.24. The van der Waals surface area contributed by atoms with Crippen LogP contribution >= 0.6 is 0 Å². The van der Waals surface area contributed by atoms with Gasteiger partial charge in [-0.2, -0.15) is 0 Å². The molecule has 0 aromatic rings. The van der Waals surface area contributed by atoms with Crippen LogP contribution in [0.25, 0.3) is 0 Å². The summed E-state index contributed by atoms with van der Waals surface area (Å²) in [6.45, 7) is 7.05. The second-order valence-electron chi connectivity index (χ2n) is 4.01. The molecule has 2 unspecified atom stereocenters. The monoisotopic (exact) mass is 170 g/mol. The van der Waals surface area contributed by atoms with Crippen molar-refractivity contribution in [1.82, 2.24) is 9.80 Å². The van der Waals surface area contributed by atoms with Crippen molar-refractivity contribution < 1.29 is 0 Å². The Morgan fingerprint density at radius 3 is 1.75 bits per heavy atom. The lowest BCUT2D eigenvalue weighted by molar-refractivity contribution is 0.0539. The Balaban J connectivity index is 2.55. The number of hydrogen-bond donors (Lipinski definition) is 0. The normalized spacial score (nSPS) is 34.0. The van der Waals surface area contributed by atoms with Crippen molar-refractivity contribution in [3.63, 3.8) is 0 Å². The van der Waals surface area contributed by atoms with Gasteiger partial charge >= 0.3 is 0 Å². The maximum absolute atomic E-state index is 2.56. The largest absolute Gasteiger partial charge is 0.303 e. The molecule has 0 N–H and O–H groups in total. The summed E-state index contributed by atoms with van der Waals surface area (Å²) in [6.07, 6.45) is 2.55. The number of rotatable bonds is 2. The second-order valence-corrected chi connectivity index (χ2v) is 4.01. The van der Waals surface area contributed by atoms with E-state index in [0.717, 1.165) is 12.1 Å². The molecular formula is C10H22N2. The van der Waals surface area contributed by atoms with Crippen molar-refractivity contribution in [2.45, 2.75) is 38.8 Å². The van der Waals surface area contributed by atoms with Crippen LogP contribution < -0.4 is 0 Å². The van der Waals surface area contributed by atoms with Gasteiger partial charge in [0.1, 0.15) is 0 Å². The van der Waals surface area contributed by atoms with Crippen LogP contribution in [-0.2, 0) is 0 Å². The van der Waals surface area contributed by atoms with Crippen molar-refractivity contribution in [3.8, 4) is 0 Å². The number of nitrogens with zero attached hydrogens (tertiary/aromatic N) is 2. The summed E-state index contributed by atoms with van der Waals surface area (Å²) in [4.78, 5) is 5.02. The molecule has 2 atom stereocenters. The van der Waals surface area contributed by atoms with Crippen molar-refractivity contribution >= 4 is 0 Å². The van der Waals surface area contributed by atoms with E-state index in [0.29, 0.717) is 0 Å². The zero-order valence-corrected chi connectivity index (χ0v) is 8.88. The van der Waals surface area contributed by atoms with Gasteiger partial charge in [0.25, 0.3) is 0 Å². The molecule has 0 aromatic heterocycles. The highest BCUT2D eigenvalue weighted by atomic mass is 15.3. The van der Waals surface area contributed by atoms with E-state index < -0.39 is 0 Å². The predicted octanol–water partition coefficient (Wildman–Crippen LogP) is 1.42. The summed E-state index contributed by atoms with van der Waals surface area (Å²) >= 11 is 0. The van der Waals surface area contributed by atoms with E-state index in [1.807, 2.05) is 0 Å². The van der Waals surface area contributed by atoms with Gasteiger partial charge < -0.3 is 4.90 Å². The van der Waals surface area contributed by atoms with Crippen LogP contribution in [0.5, 0.6) is 0 Å². The van der Waals surface area contributed by atoms with Crippen LogP contribution in [0.15, 0.2) is 0 Å². The van der Waals surface area contributed by atoms with Crippen LogP contribution in [0.1, 0.15) is 26.7 Å². The fourth-order valence-corrected chi connectivity index (χ4v) is 2.18. The molecule has 0 aromatic carbocycles. The third-order valence-corrected chi connectivity index (χ3v) is 3.14. The lowest BCUT2D eigenvalue weighted by Crippen LogP contribution is -2.55. The van der Waals surface area contributed by atoms with E-state index in [1.165, 1.54) is 25.9 Å². The molecule has 1 rings (SSSR count). The molecule has 0 bridgehead atoms.